The van der Waals surface area contributed by atoms with Gasteiger partial charge in [0.15, 0.2) is 0 Å². The molecule has 2 aromatic rings. The normalized spacial score (nSPS) is 10.2. The lowest BCUT2D eigenvalue weighted by molar-refractivity contribution is -0.384. The van der Waals surface area contributed by atoms with Crippen LogP contribution in [0.2, 0.25) is 0 Å². The number of nitrogens with one attached hydrogen (secondary N) is 1. The number of rotatable bonds is 4. The highest BCUT2D eigenvalue weighted by Gasteiger charge is 2.17. The Morgan fingerprint density at radius 2 is 2.10 bits per heavy atom. The Morgan fingerprint density at radius 3 is 2.62 bits per heavy atom. The minimum Gasteiger partial charge on any atom is -0.495 e. The summed E-state index contributed by atoms with van der Waals surface area (Å²) in [4.78, 5) is 22.9. The molecule has 0 saturated carbocycles. The predicted molar refractivity (Wildman–Crippen MR) is 87.3 cm³/mol. The van der Waals surface area contributed by atoms with E-state index in [1.54, 1.807) is 6.07 Å². The van der Waals surface area contributed by atoms with E-state index in [1.165, 1.54) is 36.6 Å². The van der Waals surface area contributed by atoms with Gasteiger partial charge in [0.25, 0.3) is 11.6 Å². The second kappa shape index (κ2) is 6.54. The highest BCUT2D eigenvalue weighted by molar-refractivity contribution is 9.13. The largest absolute Gasteiger partial charge is 0.495 e. The number of methoxy groups -OCH3 is 1. The number of nitro benzene ring substituents is 1. The van der Waals surface area contributed by atoms with Gasteiger partial charge in [0, 0.05) is 16.6 Å². The molecule has 0 aliphatic rings. The molecule has 1 aromatic heterocycles. The lowest BCUT2D eigenvalue weighted by atomic mass is 10.2. The molecule has 0 fully saturated rings. The number of hydrogen-bond acceptors (Lipinski definition) is 5. The average molecular weight is 436 g/mol. The van der Waals surface area contributed by atoms with Gasteiger partial charge in [0.1, 0.15) is 5.75 Å². The Bertz CT molecular complexity index is 698. The van der Waals surface area contributed by atoms with E-state index >= 15 is 0 Å². The van der Waals surface area contributed by atoms with Crippen LogP contribution >= 0.6 is 43.2 Å². The van der Waals surface area contributed by atoms with Gasteiger partial charge in [0.2, 0.25) is 0 Å². The minimum absolute atomic E-state index is 0.125. The first kappa shape index (κ1) is 15.9. The first-order chi connectivity index (χ1) is 9.92. The molecule has 6 nitrogen and oxygen atoms in total. The van der Waals surface area contributed by atoms with Gasteiger partial charge >= 0.3 is 0 Å². The molecule has 1 aromatic carbocycles. The van der Waals surface area contributed by atoms with Crippen LogP contribution in [-0.4, -0.2) is 17.9 Å². The maximum absolute atomic E-state index is 12.2. The number of ether oxygens (including phenoxy) is 1. The fourth-order valence-electron chi connectivity index (χ4n) is 1.55. The highest BCUT2D eigenvalue weighted by atomic mass is 79.9. The average Bonchev–Trinajstić information content (AvgIpc) is 2.78. The number of carbonyl (C=O) groups excluding carboxylic acids is 1. The summed E-state index contributed by atoms with van der Waals surface area (Å²) in [6.07, 6.45) is 0. The third-order valence-electron chi connectivity index (χ3n) is 2.51. The van der Waals surface area contributed by atoms with Crippen LogP contribution in [0.25, 0.3) is 0 Å². The fourth-order valence-corrected chi connectivity index (χ4v) is 3.48. The lowest BCUT2D eigenvalue weighted by Crippen LogP contribution is -2.11. The number of nitro groups is 1. The molecule has 1 amide bonds. The summed E-state index contributed by atoms with van der Waals surface area (Å²) in [5.74, 6) is -0.0196. The smallest absolute Gasteiger partial charge is 0.271 e. The number of non-ortho nitro benzene ring substituents is 1. The van der Waals surface area contributed by atoms with E-state index in [0.717, 1.165) is 8.26 Å². The van der Waals surface area contributed by atoms with Crippen LogP contribution in [0.5, 0.6) is 5.75 Å². The van der Waals surface area contributed by atoms with E-state index in [9.17, 15) is 14.9 Å². The Balaban J connectivity index is 2.31. The SMILES string of the molecule is COc1ccc([N+](=O)[O-])cc1NC(=O)c1cc(Br)c(Br)s1. The molecule has 0 aliphatic carbocycles. The third kappa shape index (κ3) is 3.60. The number of nitrogens with zero attached hydrogens (tertiary/aromatic N) is 1. The van der Waals surface area contributed by atoms with Crippen LogP contribution in [0.4, 0.5) is 11.4 Å². The molecule has 21 heavy (non-hydrogen) atoms. The van der Waals surface area contributed by atoms with E-state index in [4.69, 9.17) is 4.74 Å². The molecule has 0 saturated heterocycles. The minimum atomic E-state index is -0.534. The fraction of sp³-hybridized carbons (Fsp3) is 0.0833. The van der Waals surface area contributed by atoms with Crippen molar-refractivity contribution in [2.24, 2.45) is 0 Å². The molecular weight excluding hydrogens is 428 g/mol. The Morgan fingerprint density at radius 1 is 1.38 bits per heavy atom. The molecule has 1 N–H and O–H groups in total. The number of hydrogen-bond donors (Lipinski definition) is 1. The maximum atomic E-state index is 12.2. The van der Waals surface area contributed by atoms with Crippen LogP contribution in [0.3, 0.4) is 0 Å². The number of thiophene rings is 1. The van der Waals surface area contributed by atoms with Crippen molar-refractivity contribution in [1.82, 2.24) is 0 Å². The van der Waals surface area contributed by atoms with Gasteiger partial charge in [-0.15, -0.1) is 11.3 Å². The van der Waals surface area contributed by atoms with Crippen LogP contribution < -0.4 is 10.1 Å². The molecule has 0 bridgehead atoms. The zero-order chi connectivity index (χ0) is 15.6. The van der Waals surface area contributed by atoms with Crippen molar-refractivity contribution in [1.29, 1.82) is 0 Å². The molecule has 9 heteroatoms. The lowest BCUT2D eigenvalue weighted by Gasteiger charge is -2.09. The second-order valence-corrected chi connectivity index (χ2v) is 7.05. The van der Waals surface area contributed by atoms with Crippen LogP contribution in [-0.2, 0) is 0 Å². The Hall–Kier alpha value is -1.45. The molecule has 0 radical (unpaired) electrons. The molecule has 2 rings (SSSR count). The Labute approximate surface area is 140 Å². The summed E-state index contributed by atoms with van der Waals surface area (Å²) in [5, 5.41) is 13.4. The van der Waals surface area contributed by atoms with Crippen LogP contribution in [0.1, 0.15) is 9.67 Å². The predicted octanol–water partition coefficient (Wildman–Crippen LogP) is 4.44. The van der Waals surface area contributed by atoms with Gasteiger partial charge in [-0.3, -0.25) is 14.9 Å². The number of amides is 1. The molecule has 0 unspecified atom stereocenters. The van der Waals surface area contributed by atoms with Crippen molar-refractivity contribution in [2.75, 3.05) is 12.4 Å². The van der Waals surface area contributed by atoms with Gasteiger partial charge in [0.05, 0.1) is 26.4 Å². The van der Waals surface area contributed by atoms with Crippen LogP contribution in [0, 0.1) is 10.1 Å². The van der Waals surface area contributed by atoms with E-state index in [2.05, 4.69) is 37.2 Å². The van der Waals surface area contributed by atoms with Gasteiger partial charge in [-0.25, -0.2) is 0 Å². The molecule has 0 atom stereocenters. The van der Waals surface area contributed by atoms with E-state index in [0.29, 0.717) is 10.6 Å². The van der Waals surface area contributed by atoms with Crippen molar-refractivity contribution >= 4 is 60.5 Å². The van der Waals surface area contributed by atoms with Gasteiger partial charge in [-0.05, 0) is 44.0 Å². The molecular formula is C12H8Br2N2O4S. The molecule has 110 valence electrons. The molecule has 1 heterocycles. The number of benzene rings is 1. The van der Waals surface area contributed by atoms with Gasteiger partial charge in [-0.2, -0.15) is 0 Å². The molecule has 0 aliphatic heterocycles. The zero-order valence-electron chi connectivity index (χ0n) is 10.6. The number of halogens is 2. The number of anilines is 1. The quantitative estimate of drug-likeness (QED) is 0.568. The summed E-state index contributed by atoms with van der Waals surface area (Å²) < 4.78 is 6.65. The van der Waals surface area contributed by atoms with Crippen LogP contribution in [0.15, 0.2) is 32.5 Å². The van der Waals surface area contributed by atoms with Crippen molar-refractivity contribution in [3.63, 3.8) is 0 Å². The Kier molecular flexibility index (Phi) is 4.96. The number of carbonyl (C=O) groups is 1. The third-order valence-corrected chi connectivity index (χ3v) is 5.77. The van der Waals surface area contributed by atoms with Crippen molar-refractivity contribution in [3.05, 3.63) is 47.5 Å². The molecule has 0 spiro atoms. The monoisotopic (exact) mass is 434 g/mol. The summed E-state index contributed by atoms with van der Waals surface area (Å²) in [6.45, 7) is 0. The standard InChI is InChI=1S/C12H8Br2N2O4S/c1-20-9-3-2-6(16(18)19)4-8(9)15-12(17)10-5-7(13)11(14)21-10/h2-5H,1H3,(H,15,17). The van der Waals surface area contributed by atoms with E-state index < -0.39 is 4.92 Å². The van der Waals surface area contributed by atoms with Gasteiger partial charge in [-0.1, -0.05) is 0 Å². The summed E-state index contributed by atoms with van der Waals surface area (Å²) in [6, 6.07) is 5.67. The first-order valence-corrected chi connectivity index (χ1v) is 7.91. The van der Waals surface area contributed by atoms with Gasteiger partial charge < -0.3 is 10.1 Å². The maximum Gasteiger partial charge on any atom is 0.271 e. The summed E-state index contributed by atoms with van der Waals surface area (Å²) >= 11 is 7.85. The second-order valence-electron chi connectivity index (χ2n) is 3.83. The highest BCUT2D eigenvalue weighted by Crippen LogP contribution is 2.34. The van der Waals surface area contributed by atoms with Crippen molar-refractivity contribution in [3.8, 4) is 5.75 Å². The van der Waals surface area contributed by atoms with Crippen molar-refractivity contribution < 1.29 is 14.5 Å². The first-order valence-electron chi connectivity index (χ1n) is 5.51. The zero-order valence-corrected chi connectivity index (χ0v) is 14.5. The van der Waals surface area contributed by atoms with Crippen molar-refractivity contribution in [2.45, 2.75) is 0 Å². The van der Waals surface area contributed by atoms with E-state index in [-0.39, 0.29) is 17.3 Å². The topological polar surface area (TPSA) is 81.5 Å². The summed E-state index contributed by atoms with van der Waals surface area (Å²) in [7, 11) is 1.43. The summed E-state index contributed by atoms with van der Waals surface area (Å²) in [5.41, 5.74) is 0.122. The van der Waals surface area contributed by atoms with E-state index in [1.807, 2.05) is 0 Å².